The third-order valence-electron chi connectivity index (χ3n) is 3.74. The number of benzene rings is 2. The molecule has 4 nitrogen and oxygen atoms in total. The largest absolute Gasteiger partial charge is 0.545 e. The van der Waals surface area contributed by atoms with E-state index in [1.165, 1.54) is 18.2 Å². The van der Waals surface area contributed by atoms with E-state index in [9.17, 15) is 23.1 Å². The Labute approximate surface area is 151 Å². The zero-order valence-corrected chi connectivity index (χ0v) is 14.0. The first-order valence-corrected chi connectivity index (χ1v) is 7.78. The second-order valence-electron chi connectivity index (χ2n) is 5.61. The van der Waals surface area contributed by atoms with Crippen molar-refractivity contribution in [2.45, 2.75) is 19.2 Å². The summed E-state index contributed by atoms with van der Waals surface area (Å²) in [6.45, 7) is 1.75. The number of fused-ring (bicyclic) bond motifs is 1. The van der Waals surface area contributed by atoms with Crippen LogP contribution in [-0.2, 0) is 4.79 Å². The van der Waals surface area contributed by atoms with Crippen LogP contribution in [0.4, 0.5) is 13.2 Å². The van der Waals surface area contributed by atoms with Crippen molar-refractivity contribution in [2.24, 2.45) is 0 Å². The van der Waals surface area contributed by atoms with E-state index in [2.05, 4.69) is 0 Å². The topological polar surface area (TPSA) is 58.6 Å². The number of aryl methyl sites for hydroxylation is 1. The Bertz CT molecular complexity index is 906. The van der Waals surface area contributed by atoms with Gasteiger partial charge in [-0.15, -0.1) is 0 Å². The molecule has 0 aliphatic carbocycles. The van der Waals surface area contributed by atoms with Crippen LogP contribution in [0.2, 0.25) is 5.02 Å². The molecule has 8 heteroatoms. The average Bonchev–Trinajstić information content (AvgIpc) is 2.55. The van der Waals surface area contributed by atoms with Gasteiger partial charge in [0.1, 0.15) is 17.2 Å². The Balaban J connectivity index is 2.06. The molecule has 0 saturated heterocycles. The first-order valence-electron chi connectivity index (χ1n) is 7.40. The fourth-order valence-corrected chi connectivity index (χ4v) is 2.76. The summed E-state index contributed by atoms with van der Waals surface area (Å²) in [5.41, 5.74) is -0.237. The molecule has 0 fully saturated rings. The number of carbonyl (C=O) groups excluding carboxylic acids is 1. The minimum Gasteiger partial charge on any atom is -0.545 e. The molecule has 26 heavy (non-hydrogen) atoms. The fourth-order valence-electron chi connectivity index (χ4n) is 2.53. The summed E-state index contributed by atoms with van der Waals surface area (Å²) in [5.74, 6) is -1.53. The Morgan fingerprint density at radius 2 is 1.96 bits per heavy atom. The molecule has 1 aliphatic heterocycles. The SMILES string of the molecule is Cc1cc(Cl)ccc1Oc1cccc2c1C=C(C(=O)[O-])C(C(F)(F)F)O2. The maximum absolute atomic E-state index is 13.1. The van der Waals surface area contributed by atoms with Crippen LogP contribution in [0.25, 0.3) is 6.08 Å². The molecule has 1 heterocycles. The van der Waals surface area contributed by atoms with E-state index in [0.717, 1.165) is 6.08 Å². The van der Waals surface area contributed by atoms with Gasteiger partial charge in [0.25, 0.3) is 0 Å². The van der Waals surface area contributed by atoms with Gasteiger partial charge in [0, 0.05) is 10.6 Å². The predicted molar refractivity (Wildman–Crippen MR) is 86.2 cm³/mol. The summed E-state index contributed by atoms with van der Waals surface area (Å²) < 4.78 is 49.9. The van der Waals surface area contributed by atoms with E-state index >= 15 is 0 Å². The van der Waals surface area contributed by atoms with Gasteiger partial charge in [-0.1, -0.05) is 17.7 Å². The zero-order valence-electron chi connectivity index (χ0n) is 13.3. The van der Waals surface area contributed by atoms with Crippen LogP contribution in [-0.4, -0.2) is 18.2 Å². The van der Waals surface area contributed by atoms with Crippen LogP contribution < -0.4 is 14.6 Å². The van der Waals surface area contributed by atoms with Crippen molar-refractivity contribution < 1.29 is 32.5 Å². The van der Waals surface area contributed by atoms with Crippen molar-refractivity contribution in [3.63, 3.8) is 0 Å². The maximum atomic E-state index is 13.1. The van der Waals surface area contributed by atoms with E-state index in [1.807, 2.05) is 0 Å². The quantitative estimate of drug-likeness (QED) is 0.806. The first-order chi connectivity index (χ1) is 12.2. The number of carboxylic acids is 1. The van der Waals surface area contributed by atoms with Gasteiger partial charge < -0.3 is 19.4 Å². The Morgan fingerprint density at radius 3 is 2.58 bits per heavy atom. The lowest BCUT2D eigenvalue weighted by Crippen LogP contribution is -2.44. The normalized spacial score (nSPS) is 16.3. The molecule has 1 aliphatic rings. The summed E-state index contributed by atoms with van der Waals surface area (Å²) in [6, 6.07) is 9.10. The van der Waals surface area contributed by atoms with Crippen LogP contribution in [0.3, 0.4) is 0 Å². The van der Waals surface area contributed by atoms with Crippen LogP contribution >= 0.6 is 11.6 Å². The monoisotopic (exact) mass is 383 g/mol. The molecule has 0 radical (unpaired) electrons. The summed E-state index contributed by atoms with van der Waals surface area (Å²) >= 11 is 5.88. The Kier molecular flexibility index (Phi) is 4.58. The molecule has 3 rings (SSSR count). The van der Waals surface area contributed by atoms with Crippen LogP contribution in [0.15, 0.2) is 42.0 Å². The number of hydrogen-bond acceptors (Lipinski definition) is 4. The van der Waals surface area contributed by atoms with Crippen molar-refractivity contribution in [1.82, 2.24) is 0 Å². The van der Waals surface area contributed by atoms with Gasteiger partial charge in [-0.25, -0.2) is 0 Å². The van der Waals surface area contributed by atoms with Crippen LogP contribution in [0.5, 0.6) is 17.2 Å². The van der Waals surface area contributed by atoms with Gasteiger partial charge in [-0.3, -0.25) is 0 Å². The van der Waals surface area contributed by atoms with Crippen molar-refractivity contribution >= 4 is 23.6 Å². The van der Waals surface area contributed by atoms with Crippen molar-refractivity contribution in [3.8, 4) is 17.2 Å². The Morgan fingerprint density at radius 1 is 1.23 bits per heavy atom. The van der Waals surface area contributed by atoms with E-state index in [-0.39, 0.29) is 17.1 Å². The van der Waals surface area contributed by atoms with E-state index in [4.69, 9.17) is 21.1 Å². The highest BCUT2D eigenvalue weighted by Crippen LogP contribution is 2.42. The highest BCUT2D eigenvalue weighted by molar-refractivity contribution is 6.30. The molecule has 0 amide bonds. The number of alkyl halides is 3. The molecular formula is C18H11ClF3O4-. The maximum Gasteiger partial charge on any atom is 0.429 e. The molecule has 0 saturated carbocycles. The standard InChI is InChI=1S/C18H12ClF3O4/c1-9-7-10(19)5-6-13(9)25-14-3-2-4-15-11(14)8-12(17(23)24)16(26-15)18(20,21)22/h2-8,16H,1H3,(H,23,24)/p-1. The number of halogens is 4. The number of carbonyl (C=O) groups is 1. The van der Waals surface area contributed by atoms with Crippen LogP contribution in [0.1, 0.15) is 11.1 Å². The van der Waals surface area contributed by atoms with Crippen molar-refractivity contribution in [3.05, 3.63) is 58.1 Å². The molecule has 0 bridgehead atoms. The van der Waals surface area contributed by atoms with Gasteiger partial charge in [0.05, 0.1) is 11.5 Å². The molecule has 136 valence electrons. The lowest BCUT2D eigenvalue weighted by molar-refractivity contribution is -0.302. The smallest absolute Gasteiger partial charge is 0.429 e. The van der Waals surface area contributed by atoms with Crippen molar-refractivity contribution in [2.75, 3.05) is 0 Å². The molecule has 0 spiro atoms. The number of rotatable bonds is 3. The van der Waals surface area contributed by atoms with Gasteiger partial charge >= 0.3 is 6.18 Å². The fraction of sp³-hybridized carbons (Fsp3) is 0.167. The molecule has 0 aromatic heterocycles. The summed E-state index contributed by atoms with van der Waals surface area (Å²) in [6.07, 6.45) is -6.63. The van der Waals surface area contributed by atoms with E-state index in [0.29, 0.717) is 16.3 Å². The molecule has 0 N–H and O–H groups in total. The minimum atomic E-state index is -4.90. The second-order valence-corrected chi connectivity index (χ2v) is 6.04. The van der Waals surface area contributed by atoms with E-state index < -0.39 is 23.8 Å². The molecule has 1 atom stereocenters. The third kappa shape index (κ3) is 3.48. The summed E-state index contributed by atoms with van der Waals surface area (Å²) in [5, 5.41) is 11.7. The highest BCUT2D eigenvalue weighted by atomic mass is 35.5. The van der Waals surface area contributed by atoms with Gasteiger partial charge in [0.15, 0.2) is 0 Å². The van der Waals surface area contributed by atoms with Gasteiger partial charge in [-0.05, 0) is 48.9 Å². The van der Waals surface area contributed by atoms with Gasteiger partial charge in [0.2, 0.25) is 6.10 Å². The first kappa shape index (κ1) is 18.1. The summed E-state index contributed by atoms with van der Waals surface area (Å²) in [4.78, 5) is 11.2. The molecule has 2 aromatic rings. The lowest BCUT2D eigenvalue weighted by atomic mass is 10.0. The summed E-state index contributed by atoms with van der Waals surface area (Å²) in [7, 11) is 0. The van der Waals surface area contributed by atoms with Crippen molar-refractivity contribution in [1.29, 1.82) is 0 Å². The Hall–Kier alpha value is -2.67. The minimum absolute atomic E-state index is 0.0848. The average molecular weight is 384 g/mol. The number of aliphatic carboxylic acids is 1. The second kappa shape index (κ2) is 6.57. The van der Waals surface area contributed by atoms with Crippen LogP contribution in [0, 0.1) is 6.92 Å². The molecule has 1 unspecified atom stereocenters. The third-order valence-corrected chi connectivity index (χ3v) is 3.98. The predicted octanol–water partition coefficient (Wildman–Crippen LogP) is 3.90. The number of hydrogen-bond donors (Lipinski definition) is 0. The molecular weight excluding hydrogens is 373 g/mol. The lowest BCUT2D eigenvalue weighted by Gasteiger charge is -2.30. The number of ether oxygens (including phenoxy) is 2. The number of carboxylic acid groups (broad SMARTS) is 1. The highest BCUT2D eigenvalue weighted by Gasteiger charge is 2.46. The molecule has 2 aromatic carbocycles. The van der Waals surface area contributed by atoms with E-state index in [1.54, 1.807) is 25.1 Å². The van der Waals surface area contributed by atoms with Gasteiger partial charge in [-0.2, -0.15) is 13.2 Å². The zero-order chi connectivity index (χ0) is 19.1.